The Hall–Kier alpha value is -3.68. The molecule has 8 heteroatoms. The molecule has 162 valence electrons. The zero-order valence-corrected chi connectivity index (χ0v) is 17.6. The van der Waals surface area contributed by atoms with Gasteiger partial charge in [0.2, 0.25) is 6.79 Å². The molecule has 0 saturated carbocycles. The standard InChI is InChI=1S/C23H24N2O6/c1-13(2)31-17-7-5-4-6-16(17)21-20(14(3)24-23(27)25-21)22(26)28-11-15-8-9-18-19(10-15)30-12-29-18/h4-10,13,21H,11-12H2,1-3H3,(H2,24,25,27). The molecule has 0 saturated heterocycles. The molecule has 1 atom stereocenters. The number of benzene rings is 2. The van der Waals surface area contributed by atoms with Crippen molar-refractivity contribution < 1.29 is 28.5 Å². The van der Waals surface area contributed by atoms with Gasteiger partial charge >= 0.3 is 12.0 Å². The van der Waals surface area contributed by atoms with Crippen LogP contribution in [0.3, 0.4) is 0 Å². The zero-order chi connectivity index (χ0) is 22.0. The van der Waals surface area contributed by atoms with E-state index in [1.807, 2.05) is 44.2 Å². The summed E-state index contributed by atoms with van der Waals surface area (Å²) in [5.74, 6) is 1.34. The molecule has 0 fully saturated rings. The number of carbonyl (C=O) groups is 2. The summed E-state index contributed by atoms with van der Waals surface area (Å²) in [5, 5.41) is 5.47. The van der Waals surface area contributed by atoms with E-state index in [1.165, 1.54) is 0 Å². The number of ether oxygens (including phenoxy) is 4. The third-order valence-corrected chi connectivity index (χ3v) is 4.89. The Kier molecular flexibility index (Phi) is 5.70. The Morgan fingerprint density at radius 1 is 1.16 bits per heavy atom. The molecule has 2 heterocycles. The average molecular weight is 424 g/mol. The van der Waals surface area contributed by atoms with Crippen LogP contribution >= 0.6 is 0 Å². The summed E-state index contributed by atoms with van der Waals surface area (Å²) in [6.07, 6.45) is -0.0648. The molecule has 2 aromatic rings. The Balaban J connectivity index is 1.58. The number of urea groups is 1. The molecule has 2 N–H and O–H groups in total. The van der Waals surface area contributed by atoms with Gasteiger partial charge in [0.1, 0.15) is 12.4 Å². The average Bonchev–Trinajstić information content (AvgIpc) is 3.19. The lowest BCUT2D eigenvalue weighted by Gasteiger charge is -2.29. The van der Waals surface area contributed by atoms with Gasteiger partial charge in [0, 0.05) is 11.3 Å². The summed E-state index contributed by atoms with van der Waals surface area (Å²) in [7, 11) is 0. The molecule has 8 nitrogen and oxygen atoms in total. The number of esters is 1. The minimum atomic E-state index is -0.701. The largest absolute Gasteiger partial charge is 0.491 e. The first-order valence-electron chi connectivity index (χ1n) is 10.0. The molecule has 0 radical (unpaired) electrons. The van der Waals surface area contributed by atoms with E-state index in [1.54, 1.807) is 19.1 Å². The summed E-state index contributed by atoms with van der Waals surface area (Å²) in [6.45, 7) is 5.74. The molecule has 0 bridgehead atoms. The zero-order valence-electron chi connectivity index (χ0n) is 17.6. The fourth-order valence-corrected chi connectivity index (χ4v) is 3.54. The molecule has 2 aliphatic heterocycles. The van der Waals surface area contributed by atoms with Crippen LogP contribution in [0.1, 0.15) is 37.9 Å². The maximum Gasteiger partial charge on any atom is 0.338 e. The van der Waals surface area contributed by atoms with Crippen LogP contribution in [-0.2, 0) is 16.1 Å². The fraction of sp³-hybridized carbons (Fsp3) is 0.304. The second-order valence-electron chi connectivity index (χ2n) is 7.54. The number of para-hydroxylation sites is 1. The molecule has 2 amide bonds. The van der Waals surface area contributed by atoms with E-state index in [-0.39, 0.29) is 19.5 Å². The molecule has 4 rings (SSSR count). The van der Waals surface area contributed by atoms with Gasteiger partial charge in [0.25, 0.3) is 0 Å². The lowest BCUT2D eigenvalue weighted by molar-refractivity contribution is -0.140. The minimum absolute atomic E-state index is 0.0526. The maximum absolute atomic E-state index is 13.1. The highest BCUT2D eigenvalue weighted by atomic mass is 16.7. The van der Waals surface area contributed by atoms with Crippen LogP contribution in [0.2, 0.25) is 0 Å². The second kappa shape index (κ2) is 8.59. The lowest BCUT2D eigenvalue weighted by atomic mass is 9.94. The fourth-order valence-electron chi connectivity index (χ4n) is 3.54. The number of rotatable bonds is 6. The third-order valence-electron chi connectivity index (χ3n) is 4.89. The van der Waals surface area contributed by atoms with Crippen molar-refractivity contribution in [1.82, 2.24) is 10.6 Å². The Bertz CT molecular complexity index is 1050. The van der Waals surface area contributed by atoms with Gasteiger partial charge in [0.05, 0.1) is 17.7 Å². The van der Waals surface area contributed by atoms with Gasteiger partial charge < -0.3 is 29.6 Å². The minimum Gasteiger partial charge on any atom is -0.491 e. The van der Waals surface area contributed by atoms with E-state index in [9.17, 15) is 9.59 Å². The van der Waals surface area contributed by atoms with Crippen molar-refractivity contribution in [1.29, 1.82) is 0 Å². The monoisotopic (exact) mass is 424 g/mol. The first-order valence-corrected chi connectivity index (χ1v) is 10.0. The van der Waals surface area contributed by atoms with Crippen LogP contribution < -0.4 is 24.8 Å². The predicted molar refractivity (Wildman–Crippen MR) is 112 cm³/mol. The quantitative estimate of drug-likeness (QED) is 0.689. The van der Waals surface area contributed by atoms with Crippen molar-refractivity contribution >= 4 is 12.0 Å². The molecule has 2 aliphatic rings. The smallest absolute Gasteiger partial charge is 0.338 e. The Morgan fingerprint density at radius 3 is 2.74 bits per heavy atom. The molecule has 2 aromatic carbocycles. The highest BCUT2D eigenvalue weighted by Gasteiger charge is 2.34. The highest BCUT2D eigenvalue weighted by Crippen LogP contribution is 2.35. The third kappa shape index (κ3) is 4.42. The van der Waals surface area contributed by atoms with Crippen molar-refractivity contribution in [3.8, 4) is 17.2 Å². The van der Waals surface area contributed by atoms with Gasteiger partial charge in [-0.2, -0.15) is 0 Å². The van der Waals surface area contributed by atoms with Gasteiger partial charge in [-0.15, -0.1) is 0 Å². The first kappa shape index (κ1) is 20.6. The number of hydrogen-bond acceptors (Lipinski definition) is 6. The number of allylic oxidation sites excluding steroid dienone is 1. The van der Waals surface area contributed by atoms with Crippen molar-refractivity contribution in [3.05, 3.63) is 64.9 Å². The maximum atomic E-state index is 13.1. The van der Waals surface area contributed by atoms with Crippen LogP contribution in [0.15, 0.2) is 53.7 Å². The van der Waals surface area contributed by atoms with Gasteiger partial charge in [0.15, 0.2) is 11.5 Å². The Morgan fingerprint density at radius 2 is 1.94 bits per heavy atom. The Labute approximate surface area is 180 Å². The SMILES string of the molecule is CC1=C(C(=O)OCc2ccc3c(c2)OCO3)C(c2ccccc2OC(C)C)NC(=O)N1. The number of nitrogens with one attached hydrogen (secondary N) is 2. The van der Waals surface area contributed by atoms with Crippen molar-refractivity contribution in [2.24, 2.45) is 0 Å². The van der Waals surface area contributed by atoms with Crippen molar-refractivity contribution in [2.75, 3.05) is 6.79 Å². The molecular formula is C23H24N2O6. The van der Waals surface area contributed by atoms with E-state index < -0.39 is 18.0 Å². The van der Waals surface area contributed by atoms with Crippen LogP contribution in [0, 0.1) is 0 Å². The van der Waals surface area contributed by atoms with Gasteiger partial charge in [-0.05, 0) is 44.5 Å². The topological polar surface area (TPSA) is 95.1 Å². The van der Waals surface area contributed by atoms with Gasteiger partial charge in [-0.1, -0.05) is 24.3 Å². The van der Waals surface area contributed by atoms with E-state index >= 15 is 0 Å². The highest BCUT2D eigenvalue weighted by molar-refractivity contribution is 5.95. The second-order valence-corrected chi connectivity index (χ2v) is 7.54. The van der Waals surface area contributed by atoms with E-state index in [0.717, 1.165) is 5.56 Å². The molecule has 1 unspecified atom stereocenters. The summed E-state index contributed by atoms with van der Waals surface area (Å²) in [6, 6.07) is 11.6. The van der Waals surface area contributed by atoms with Gasteiger partial charge in [-0.25, -0.2) is 9.59 Å². The number of carbonyl (C=O) groups excluding carboxylic acids is 2. The first-order chi connectivity index (χ1) is 14.9. The molecule has 31 heavy (non-hydrogen) atoms. The van der Waals surface area contributed by atoms with Crippen LogP contribution in [0.5, 0.6) is 17.2 Å². The normalized spacial score (nSPS) is 17.3. The van der Waals surface area contributed by atoms with Crippen LogP contribution in [-0.4, -0.2) is 24.9 Å². The summed E-state index contributed by atoms with van der Waals surface area (Å²) < 4.78 is 22.1. The lowest BCUT2D eigenvalue weighted by Crippen LogP contribution is -2.45. The van der Waals surface area contributed by atoms with E-state index in [0.29, 0.717) is 34.1 Å². The molecule has 0 aromatic heterocycles. The number of hydrogen-bond donors (Lipinski definition) is 2. The van der Waals surface area contributed by atoms with Crippen molar-refractivity contribution in [2.45, 2.75) is 39.5 Å². The summed E-state index contributed by atoms with van der Waals surface area (Å²) in [5.41, 5.74) is 2.20. The summed E-state index contributed by atoms with van der Waals surface area (Å²) >= 11 is 0. The molecule has 0 aliphatic carbocycles. The van der Waals surface area contributed by atoms with Crippen molar-refractivity contribution in [3.63, 3.8) is 0 Å². The number of amides is 2. The van der Waals surface area contributed by atoms with Crippen LogP contribution in [0.25, 0.3) is 0 Å². The molecule has 0 spiro atoms. The van der Waals surface area contributed by atoms with E-state index in [2.05, 4.69) is 10.6 Å². The predicted octanol–water partition coefficient (Wildman–Crippen LogP) is 3.57. The van der Waals surface area contributed by atoms with E-state index in [4.69, 9.17) is 18.9 Å². The summed E-state index contributed by atoms with van der Waals surface area (Å²) in [4.78, 5) is 25.2. The number of fused-ring (bicyclic) bond motifs is 1. The van der Waals surface area contributed by atoms with Crippen LogP contribution in [0.4, 0.5) is 4.79 Å². The molecular weight excluding hydrogens is 400 g/mol. The van der Waals surface area contributed by atoms with Gasteiger partial charge in [-0.3, -0.25) is 0 Å².